The fourth-order valence-electron chi connectivity index (χ4n) is 8.35. The highest BCUT2D eigenvalue weighted by atomic mass is 16.5. The highest BCUT2D eigenvalue weighted by Crippen LogP contribution is 2.48. The lowest BCUT2D eigenvalue weighted by molar-refractivity contribution is -0.126. The summed E-state index contributed by atoms with van der Waals surface area (Å²) >= 11 is 0. The second-order valence-corrected chi connectivity index (χ2v) is 13.2. The summed E-state index contributed by atoms with van der Waals surface area (Å²) in [7, 11) is 0. The van der Waals surface area contributed by atoms with Crippen LogP contribution in [0.4, 0.5) is 4.79 Å². The molecule has 2 bridgehead atoms. The molecule has 4 aliphatic heterocycles. The Morgan fingerprint density at radius 2 is 1.68 bits per heavy atom. The first-order valence-corrected chi connectivity index (χ1v) is 16.1. The number of piperidine rings is 1. The van der Waals surface area contributed by atoms with E-state index >= 15 is 0 Å². The number of nitrogens with one attached hydrogen (secondary N) is 1. The smallest absolute Gasteiger partial charge is 0.320 e. The molecule has 0 aliphatic carbocycles. The second-order valence-electron chi connectivity index (χ2n) is 13.2. The van der Waals surface area contributed by atoms with E-state index in [1.165, 1.54) is 18.4 Å². The lowest BCUT2D eigenvalue weighted by Crippen LogP contribution is -2.60. The van der Waals surface area contributed by atoms with Crippen LogP contribution in [-0.2, 0) is 9.53 Å². The third kappa shape index (κ3) is 6.06. The Balaban J connectivity index is 1.27. The largest absolute Gasteiger partial charge is 0.381 e. The summed E-state index contributed by atoms with van der Waals surface area (Å²) in [5.74, 6) is 0.813. The second kappa shape index (κ2) is 12.8. The topological polar surface area (TPSA) is 65.1 Å². The normalized spacial score (nSPS) is 28.3. The number of urea groups is 1. The molecule has 0 aromatic heterocycles. The van der Waals surface area contributed by atoms with E-state index in [0.29, 0.717) is 18.0 Å². The fraction of sp³-hybridized carbons (Fsp3) is 0.758. The Morgan fingerprint density at radius 3 is 2.27 bits per heavy atom. The van der Waals surface area contributed by atoms with Crippen LogP contribution in [0.3, 0.4) is 0 Å². The number of ether oxygens (including phenoxy) is 1. The van der Waals surface area contributed by atoms with Crippen LogP contribution in [0.15, 0.2) is 30.3 Å². The summed E-state index contributed by atoms with van der Waals surface area (Å²) in [6, 6.07) is 12.0. The third-order valence-electron chi connectivity index (χ3n) is 10.4. The van der Waals surface area contributed by atoms with Crippen molar-refractivity contribution < 1.29 is 14.3 Å². The molecule has 1 spiro atoms. The minimum atomic E-state index is -0.0543. The van der Waals surface area contributed by atoms with Gasteiger partial charge in [-0.05, 0) is 83.1 Å². The molecule has 7 nitrogen and oxygen atoms in total. The van der Waals surface area contributed by atoms with Crippen LogP contribution in [0.25, 0.3) is 0 Å². The van der Waals surface area contributed by atoms with Crippen LogP contribution in [0.1, 0.15) is 97.1 Å². The number of fused-ring (bicyclic) bond motifs is 2. The van der Waals surface area contributed by atoms with Crippen LogP contribution in [0.5, 0.6) is 0 Å². The number of amides is 3. The molecule has 4 saturated heterocycles. The van der Waals surface area contributed by atoms with Gasteiger partial charge < -0.3 is 19.9 Å². The number of rotatable bonds is 11. The number of hydrogen-bond acceptors (Lipinski definition) is 4. The highest BCUT2D eigenvalue weighted by molar-refractivity contribution is 5.79. The summed E-state index contributed by atoms with van der Waals surface area (Å²) in [6.45, 7) is 13.0. The van der Waals surface area contributed by atoms with Gasteiger partial charge in [0.2, 0.25) is 5.91 Å². The van der Waals surface area contributed by atoms with E-state index in [0.717, 1.165) is 77.8 Å². The molecular formula is C33H52N4O3. The van der Waals surface area contributed by atoms with Crippen molar-refractivity contribution in [2.45, 2.75) is 115 Å². The van der Waals surface area contributed by atoms with E-state index < -0.39 is 0 Å². The van der Waals surface area contributed by atoms with Gasteiger partial charge in [0.25, 0.3) is 0 Å². The van der Waals surface area contributed by atoms with Gasteiger partial charge in [-0.25, -0.2) is 4.79 Å². The molecule has 1 aromatic carbocycles. The van der Waals surface area contributed by atoms with Crippen LogP contribution in [0, 0.1) is 11.8 Å². The average molecular weight is 553 g/mol. The number of carbonyl (C=O) groups excluding carboxylic acids is 2. The first-order chi connectivity index (χ1) is 19.3. The number of carbonyl (C=O) groups is 2. The number of hydrogen-bond donors (Lipinski definition) is 1. The minimum absolute atomic E-state index is 0.0276. The van der Waals surface area contributed by atoms with Gasteiger partial charge in [-0.3, -0.25) is 9.69 Å². The lowest BCUT2D eigenvalue weighted by Gasteiger charge is -2.49. The van der Waals surface area contributed by atoms with Gasteiger partial charge in [-0.1, -0.05) is 44.2 Å². The Bertz CT molecular complexity index is 977. The van der Waals surface area contributed by atoms with Crippen LogP contribution in [-0.4, -0.2) is 83.2 Å². The van der Waals surface area contributed by atoms with E-state index in [-0.39, 0.29) is 35.5 Å². The molecule has 40 heavy (non-hydrogen) atoms. The van der Waals surface area contributed by atoms with Gasteiger partial charge in [0.1, 0.15) is 0 Å². The summed E-state index contributed by atoms with van der Waals surface area (Å²) in [6.07, 6.45) is 9.34. The molecule has 7 heteroatoms. The zero-order chi connectivity index (χ0) is 28.3. The molecule has 222 valence electrons. The van der Waals surface area contributed by atoms with Crippen LogP contribution in [0.2, 0.25) is 0 Å². The maximum absolute atomic E-state index is 13.8. The Hall–Kier alpha value is -2.12. The molecule has 0 saturated carbocycles. The van der Waals surface area contributed by atoms with Crippen molar-refractivity contribution in [1.29, 1.82) is 0 Å². The standard InChI is InChI=1S/C33H52N4O3/c1-5-26(6-2)31(38)34-30(27-10-8-7-9-11-27)14-17-36-28-12-13-29(36)21-33(20-28)23-35(32(39)37(33)24(3)4)22-25-15-18-40-19-16-25/h7-11,24-26,28-30H,5-6,12-23H2,1-4H3,(H,34,38)/t28?,29?,30-,33?/m0/s1. The monoisotopic (exact) mass is 552 g/mol. The quantitative estimate of drug-likeness (QED) is 0.388. The Morgan fingerprint density at radius 1 is 1.02 bits per heavy atom. The SMILES string of the molecule is CCC(CC)C(=O)N[C@@H](CCN1C2CCC1CC1(C2)CN(CC2CCOCC2)C(=O)N1C(C)C)c1ccccc1. The third-order valence-corrected chi connectivity index (χ3v) is 10.4. The molecule has 5 rings (SSSR count). The molecule has 1 N–H and O–H groups in total. The van der Waals surface area contributed by atoms with Gasteiger partial charge >= 0.3 is 6.03 Å². The fourth-order valence-corrected chi connectivity index (χ4v) is 8.35. The predicted molar refractivity (Wildman–Crippen MR) is 159 cm³/mol. The highest BCUT2D eigenvalue weighted by Gasteiger charge is 2.57. The maximum Gasteiger partial charge on any atom is 0.320 e. The van der Waals surface area contributed by atoms with Crippen molar-refractivity contribution in [1.82, 2.24) is 20.0 Å². The molecule has 4 fully saturated rings. The minimum Gasteiger partial charge on any atom is -0.381 e. The van der Waals surface area contributed by atoms with Crippen molar-refractivity contribution in [3.63, 3.8) is 0 Å². The van der Waals surface area contributed by atoms with Crippen LogP contribution < -0.4 is 5.32 Å². The Labute approximate surface area is 242 Å². The van der Waals surface area contributed by atoms with Gasteiger partial charge in [0.05, 0.1) is 11.6 Å². The summed E-state index contributed by atoms with van der Waals surface area (Å²) < 4.78 is 5.58. The van der Waals surface area contributed by atoms with Gasteiger partial charge in [-0.2, -0.15) is 0 Å². The molecule has 3 amide bonds. The molecular weight excluding hydrogens is 500 g/mol. The van der Waals surface area contributed by atoms with E-state index in [4.69, 9.17) is 4.74 Å². The zero-order valence-electron chi connectivity index (χ0n) is 25.3. The molecule has 0 radical (unpaired) electrons. The average Bonchev–Trinajstić information content (AvgIpc) is 3.36. The van der Waals surface area contributed by atoms with E-state index in [2.05, 4.69) is 72.0 Å². The van der Waals surface area contributed by atoms with Crippen LogP contribution >= 0.6 is 0 Å². The first kappa shape index (κ1) is 29.4. The summed E-state index contributed by atoms with van der Waals surface area (Å²) in [5, 5.41) is 3.41. The van der Waals surface area contributed by atoms with E-state index in [1.54, 1.807) is 0 Å². The molecule has 1 aromatic rings. The first-order valence-electron chi connectivity index (χ1n) is 16.1. The lowest BCUT2D eigenvalue weighted by atomic mass is 9.81. The molecule has 2 unspecified atom stereocenters. The van der Waals surface area contributed by atoms with Crippen molar-refractivity contribution in [3.8, 4) is 0 Å². The summed E-state index contributed by atoms with van der Waals surface area (Å²) in [4.78, 5) is 34.0. The van der Waals surface area contributed by atoms with Crippen molar-refractivity contribution >= 4 is 11.9 Å². The number of nitrogens with zero attached hydrogens (tertiary/aromatic N) is 3. The van der Waals surface area contributed by atoms with E-state index in [9.17, 15) is 9.59 Å². The predicted octanol–water partition coefficient (Wildman–Crippen LogP) is 5.61. The zero-order valence-corrected chi connectivity index (χ0v) is 25.3. The van der Waals surface area contributed by atoms with Gasteiger partial charge in [0, 0.05) is 56.9 Å². The number of benzene rings is 1. The van der Waals surface area contributed by atoms with Crippen molar-refractivity contribution in [2.75, 3.05) is 32.8 Å². The maximum atomic E-state index is 13.8. The molecule has 3 atom stereocenters. The van der Waals surface area contributed by atoms with Crippen molar-refractivity contribution in [2.24, 2.45) is 11.8 Å². The molecule has 4 heterocycles. The van der Waals surface area contributed by atoms with Gasteiger partial charge in [0.15, 0.2) is 0 Å². The summed E-state index contributed by atoms with van der Waals surface area (Å²) in [5.41, 5.74) is 1.14. The van der Waals surface area contributed by atoms with E-state index in [1.807, 2.05) is 6.07 Å². The van der Waals surface area contributed by atoms with Gasteiger partial charge in [-0.15, -0.1) is 0 Å². The van der Waals surface area contributed by atoms with Crippen molar-refractivity contribution in [3.05, 3.63) is 35.9 Å². The molecule has 4 aliphatic rings. The Kier molecular flexibility index (Phi) is 9.41.